The van der Waals surface area contributed by atoms with Gasteiger partial charge in [0.1, 0.15) is 0 Å². The van der Waals surface area contributed by atoms with E-state index in [0.29, 0.717) is 15.7 Å². The first kappa shape index (κ1) is 15.0. The smallest absolute Gasteiger partial charge is 0.319 e. The molecule has 0 unspecified atom stereocenters. The minimum absolute atomic E-state index is 0.106. The van der Waals surface area contributed by atoms with Crippen LogP contribution in [0.1, 0.15) is 0 Å². The quantitative estimate of drug-likeness (QED) is 0.768. The van der Waals surface area contributed by atoms with Crippen LogP contribution in [0.25, 0.3) is 0 Å². The normalized spacial score (nSPS) is 11.1. The molecule has 8 heteroatoms. The number of halogens is 5. The number of benzene rings is 1. The minimum Gasteiger partial charge on any atom is -0.334 e. The molecule has 0 aliphatic heterocycles. The molecule has 0 spiro atoms. The van der Waals surface area contributed by atoms with Gasteiger partial charge in [-0.2, -0.15) is 0 Å². The lowest BCUT2D eigenvalue weighted by molar-refractivity contribution is 0.252. The summed E-state index contributed by atoms with van der Waals surface area (Å²) >= 11 is 27.9. The van der Waals surface area contributed by atoms with Gasteiger partial charge >= 0.3 is 6.03 Å². The van der Waals surface area contributed by atoms with Gasteiger partial charge in [0.05, 0.1) is 16.6 Å². The average molecular weight is 336 g/mol. The van der Waals surface area contributed by atoms with E-state index in [1.165, 1.54) is 6.07 Å². The third-order valence-corrected chi connectivity index (χ3v) is 2.77. The number of nitrogens with one attached hydrogen (secondary N) is 2. The van der Waals surface area contributed by atoms with Crippen LogP contribution in [0.15, 0.2) is 18.2 Å². The standard InChI is InChI=1S/C9H7Cl5N2O/c10-6-2-1-5(3-7(6)11)16-8(17)15-4-9(12,13)14/h1-3H,4H2,(H2,15,16,17). The fourth-order valence-electron chi connectivity index (χ4n) is 0.930. The third kappa shape index (κ3) is 5.89. The molecule has 1 aromatic rings. The van der Waals surface area contributed by atoms with Crippen molar-refractivity contribution in [3.63, 3.8) is 0 Å². The monoisotopic (exact) mass is 334 g/mol. The molecule has 3 nitrogen and oxygen atoms in total. The van der Waals surface area contributed by atoms with Crippen molar-refractivity contribution >= 4 is 69.7 Å². The van der Waals surface area contributed by atoms with Crippen LogP contribution in [0.4, 0.5) is 10.5 Å². The summed E-state index contributed by atoms with van der Waals surface area (Å²) in [5.41, 5.74) is 0.487. The highest BCUT2D eigenvalue weighted by atomic mass is 35.6. The molecule has 0 bridgehead atoms. The predicted molar refractivity (Wildman–Crippen MR) is 73.8 cm³/mol. The van der Waals surface area contributed by atoms with Gasteiger partial charge in [0.2, 0.25) is 3.79 Å². The molecule has 1 aromatic carbocycles. The largest absolute Gasteiger partial charge is 0.334 e. The molecule has 0 aliphatic rings. The molecule has 1 rings (SSSR count). The summed E-state index contributed by atoms with van der Waals surface area (Å²) in [6.07, 6.45) is 0. The Bertz CT molecular complexity index is 418. The lowest BCUT2D eigenvalue weighted by Gasteiger charge is -2.12. The van der Waals surface area contributed by atoms with Crippen molar-refractivity contribution in [2.45, 2.75) is 3.79 Å². The van der Waals surface area contributed by atoms with Crippen LogP contribution in [-0.2, 0) is 0 Å². The highest BCUT2D eigenvalue weighted by Crippen LogP contribution is 2.26. The van der Waals surface area contributed by atoms with Gasteiger partial charge < -0.3 is 10.6 Å². The van der Waals surface area contributed by atoms with E-state index in [4.69, 9.17) is 58.0 Å². The van der Waals surface area contributed by atoms with Crippen LogP contribution in [-0.4, -0.2) is 16.4 Å². The van der Waals surface area contributed by atoms with Gasteiger partial charge in [-0.1, -0.05) is 58.0 Å². The topological polar surface area (TPSA) is 41.1 Å². The Kier molecular flexibility index (Phi) is 5.48. The highest BCUT2D eigenvalue weighted by molar-refractivity contribution is 6.67. The van der Waals surface area contributed by atoms with Gasteiger partial charge in [0.25, 0.3) is 0 Å². The summed E-state index contributed by atoms with van der Waals surface area (Å²) in [6.45, 7) is -0.106. The average Bonchev–Trinajstić information content (AvgIpc) is 2.20. The van der Waals surface area contributed by atoms with E-state index in [-0.39, 0.29) is 6.54 Å². The summed E-state index contributed by atoms with van der Waals surface area (Å²) in [5.74, 6) is 0. The number of carbonyl (C=O) groups excluding carboxylic acids is 1. The highest BCUT2D eigenvalue weighted by Gasteiger charge is 2.20. The summed E-state index contributed by atoms with van der Waals surface area (Å²) < 4.78 is -1.53. The lowest BCUT2D eigenvalue weighted by atomic mass is 10.3. The molecule has 0 radical (unpaired) electrons. The Balaban J connectivity index is 2.54. The number of hydrogen-bond acceptors (Lipinski definition) is 1. The second kappa shape index (κ2) is 6.21. The van der Waals surface area contributed by atoms with Gasteiger partial charge in [-0.15, -0.1) is 0 Å². The maximum atomic E-state index is 11.4. The van der Waals surface area contributed by atoms with Crippen LogP contribution in [0, 0.1) is 0 Å². The van der Waals surface area contributed by atoms with Crippen LogP contribution in [0.5, 0.6) is 0 Å². The number of hydrogen-bond donors (Lipinski definition) is 2. The molecule has 17 heavy (non-hydrogen) atoms. The van der Waals surface area contributed by atoms with Crippen molar-refractivity contribution in [1.82, 2.24) is 5.32 Å². The first-order valence-corrected chi connectivity index (χ1v) is 6.23. The molecule has 94 valence electrons. The molecule has 2 amide bonds. The van der Waals surface area contributed by atoms with Crippen molar-refractivity contribution in [1.29, 1.82) is 0 Å². The van der Waals surface area contributed by atoms with E-state index in [2.05, 4.69) is 10.6 Å². The first-order valence-electron chi connectivity index (χ1n) is 4.34. The molecular weight excluding hydrogens is 329 g/mol. The molecule has 0 saturated carbocycles. The Hall–Kier alpha value is -0.0600. The lowest BCUT2D eigenvalue weighted by Crippen LogP contribution is -2.35. The number of alkyl halides is 3. The van der Waals surface area contributed by atoms with Gasteiger partial charge in [-0.05, 0) is 18.2 Å². The van der Waals surface area contributed by atoms with E-state index in [9.17, 15) is 4.79 Å². The molecule has 0 atom stereocenters. The van der Waals surface area contributed by atoms with E-state index in [0.717, 1.165) is 0 Å². The van der Waals surface area contributed by atoms with Gasteiger partial charge in [0, 0.05) is 5.69 Å². The Morgan fingerprint density at radius 2 is 1.82 bits per heavy atom. The zero-order valence-corrected chi connectivity index (χ0v) is 12.0. The van der Waals surface area contributed by atoms with E-state index < -0.39 is 9.82 Å². The second-order valence-electron chi connectivity index (χ2n) is 3.05. The summed E-state index contributed by atoms with van der Waals surface area (Å²) in [4.78, 5) is 11.4. The SMILES string of the molecule is O=C(NCC(Cl)(Cl)Cl)Nc1ccc(Cl)c(Cl)c1. The van der Waals surface area contributed by atoms with Crippen molar-refractivity contribution < 1.29 is 4.79 Å². The number of urea groups is 1. The number of rotatable bonds is 2. The van der Waals surface area contributed by atoms with Crippen molar-refractivity contribution in [2.75, 3.05) is 11.9 Å². The molecule has 0 saturated heterocycles. The van der Waals surface area contributed by atoms with E-state index in [1.807, 2.05) is 0 Å². The molecule has 2 N–H and O–H groups in total. The first-order chi connectivity index (χ1) is 7.78. The summed E-state index contributed by atoms with van der Waals surface area (Å²) in [6, 6.07) is 4.17. The Morgan fingerprint density at radius 1 is 1.18 bits per heavy atom. The maximum Gasteiger partial charge on any atom is 0.319 e. The van der Waals surface area contributed by atoms with Crippen molar-refractivity contribution in [3.05, 3.63) is 28.2 Å². The molecule has 0 fully saturated rings. The maximum absolute atomic E-state index is 11.4. The van der Waals surface area contributed by atoms with Crippen molar-refractivity contribution in [3.8, 4) is 0 Å². The Morgan fingerprint density at radius 3 is 2.35 bits per heavy atom. The summed E-state index contributed by atoms with van der Waals surface area (Å²) in [7, 11) is 0. The zero-order chi connectivity index (χ0) is 13.1. The van der Waals surface area contributed by atoms with Crippen molar-refractivity contribution in [2.24, 2.45) is 0 Å². The van der Waals surface area contributed by atoms with Gasteiger partial charge in [-0.25, -0.2) is 4.79 Å². The fourth-order valence-corrected chi connectivity index (χ4v) is 1.43. The predicted octanol–water partition coefficient (Wildman–Crippen LogP) is 4.49. The zero-order valence-electron chi connectivity index (χ0n) is 8.24. The van der Waals surface area contributed by atoms with Gasteiger partial charge in [0.15, 0.2) is 0 Å². The Labute approximate surface area is 123 Å². The molecule has 0 aliphatic carbocycles. The number of carbonyl (C=O) groups is 1. The molecular formula is C9H7Cl5N2O. The summed E-state index contributed by atoms with van der Waals surface area (Å²) in [5, 5.41) is 5.64. The van der Waals surface area contributed by atoms with E-state index in [1.54, 1.807) is 12.1 Å². The van der Waals surface area contributed by atoms with Gasteiger partial charge in [-0.3, -0.25) is 0 Å². The van der Waals surface area contributed by atoms with E-state index >= 15 is 0 Å². The van der Waals surface area contributed by atoms with Crippen LogP contribution < -0.4 is 10.6 Å². The third-order valence-electron chi connectivity index (χ3n) is 1.63. The number of anilines is 1. The molecule has 0 heterocycles. The van der Waals surface area contributed by atoms with Crippen LogP contribution in [0.2, 0.25) is 10.0 Å². The second-order valence-corrected chi connectivity index (χ2v) is 6.38. The fraction of sp³-hybridized carbons (Fsp3) is 0.222. The molecule has 0 aromatic heterocycles. The van der Waals surface area contributed by atoms with Crippen LogP contribution in [0.3, 0.4) is 0 Å². The van der Waals surface area contributed by atoms with Crippen LogP contribution >= 0.6 is 58.0 Å². The number of amides is 2. The minimum atomic E-state index is -1.53.